The van der Waals surface area contributed by atoms with Crippen molar-refractivity contribution in [1.82, 2.24) is 5.32 Å². The minimum absolute atomic E-state index is 0.437. The van der Waals surface area contributed by atoms with Gasteiger partial charge in [0.2, 0.25) is 0 Å². The quantitative estimate of drug-likeness (QED) is 0.141. The molecule has 0 atom stereocenters. The average Bonchev–Trinajstić information content (AvgIpc) is 1.76. The van der Waals surface area contributed by atoms with Gasteiger partial charge >= 0.3 is 0 Å². The standard InChI is InChI=1S/C79H53N3/c80-76(54-30-10-3-11-31-54)73(53-28-8-2-9-29-53)77-63-51-58(49-48-55(63)50-70(81-77)52-26-6-1-7-27-52)82(71-46-24-44-68-74(71)61-38-18-22-42-66(61)78(68,56-32-12-4-13-33-56)57-34-14-5-15-35-57)72-47-25-45-69-75(72)62-39-19-23-43-67(62)79(69)64-40-20-16-36-59(64)60-37-17-21-41-65(60)79/h1-51,80-81H/b77-73-,80-76?. The normalized spacial score (nSPS) is 14.7. The number of hydrogen-bond donors (Lipinski definition) is 2. The second-order valence-electron chi connectivity index (χ2n) is 21.8. The molecule has 0 amide bonds. The summed E-state index contributed by atoms with van der Waals surface area (Å²) in [5.74, 6) is 0. The lowest BCUT2D eigenvalue weighted by molar-refractivity contribution is 0.768. The Bertz CT molecular complexity index is 4410. The van der Waals surface area contributed by atoms with Crippen LogP contribution in [0.3, 0.4) is 0 Å². The van der Waals surface area contributed by atoms with E-state index in [2.05, 4.69) is 289 Å². The van der Waals surface area contributed by atoms with Crippen molar-refractivity contribution in [1.29, 1.82) is 5.41 Å². The number of nitrogens with one attached hydrogen (secondary N) is 2. The van der Waals surface area contributed by atoms with Crippen molar-refractivity contribution in [3.05, 3.63) is 376 Å². The van der Waals surface area contributed by atoms with Gasteiger partial charge < -0.3 is 10.2 Å². The van der Waals surface area contributed by atoms with Crippen LogP contribution in [0.15, 0.2) is 303 Å². The van der Waals surface area contributed by atoms with Crippen LogP contribution < -0.4 is 10.2 Å². The van der Waals surface area contributed by atoms with Crippen LogP contribution >= 0.6 is 0 Å². The van der Waals surface area contributed by atoms with Crippen LogP contribution in [-0.4, -0.2) is 5.71 Å². The van der Waals surface area contributed by atoms with Crippen molar-refractivity contribution >= 4 is 45.8 Å². The molecular weight excluding hydrogens is 991 g/mol. The van der Waals surface area contributed by atoms with Crippen molar-refractivity contribution in [3.8, 4) is 33.4 Å². The average molecular weight is 1040 g/mol. The minimum Gasteiger partial charge on any atom is -0.354 e. The molecule has 0 saturated heterocycles. The van der Waals surface area contributed by atoms with Gasteiger partial charge in [0, 0.05) is 39.2 Å². The van der Waals surface area contributed by atoms with Gasteiger partial charge in [-0.3, -0.25) is 5.41 Å². The molecule has 384 valence electrons. The van der Waals surface area contributed by atoms with E-state index in [1.807, 2.05) is 30.3 Å². The molecule has 0 bridgehead atoms. The summed E-state index contributed by atoms with van der Waals surface area (Å²) in [5, 5.41) is 14.2. The Labute approximate surface area is 478 Å². The van der Waals surface area contributed by atoms with E-state index in [1.165, 1.54) is 77.9 Å². The Hall–Kier alpha value is -10.6. The van der Waals surface area contributed by atoms with Crippen LogP contribution in [0.5, 0.6) is 0 Å². The lowest BCUT2D eigenvalue weighted by atomic mass is 9.68. The lowest BCUT2D eigenvalue weighted by Crippen LogP contribution is -2.28. The molecule has 12 aromatic rings. The number of nitrogens with zero attached hydrogens (tertiary/aromatic N) is 1. The molecule has 0 aromatic heterocycles. The molecule has 4 aliphatic rings. The summed E-state index contributed by atoms with van der Waals surface area (Å²) in [4.78, 5) is 2.57. The maximum atomic E-state index is 10.2. The fourth-order valence-corrected chi connectivity index (χ4v) is 14.5. The fraction of sp³-hybridized carbons (Fsp3) is 0.0253. The smallest absolute Gasteiger partial charge is 0.0726 e. The highest BCUT2D eigenvalue weighted by Crippen LogP contribution is 2.66. The van der Waals surface area contributed by atoms with E-state index in [1.54, 1.807) is 0 Å². The maximum Gasteiger partial charge on any atom is 0.0726 e. The Morgan fingerprint density at radius 2 is 0.756 bits per heavy atom. The Kier molecular flexibility index (Phi) is 10.8. The van der Waals surface area contributed by atoms with Gasteiger partial charge in [-0.2, -0.15) is 0 Å². The van der Waals surface area contributed by atoms with Crippen LogP contribution in [0.2, 0.25) is 0 Å². The van der Waals surface area contributed by atoms with Crippen molar-refractivity contribution in [3.63, 3.8) is 0 Å². The first-order valence-electron chi connectivity index (χ1n) is 28.3. The lowest BCUT2D eigenvalue weighted by Gasteiger charge is -2.35. The Morgan fingerprint density at radius 1 is 0.341 bits per heavy atom. The van der Waals surface area contributed by atoms with Gasteiger partial charge in [0.05, 0.1) is 33.6 Å². The van der Waals surface area contributed by atoms with Crippen LogP contribution in [0.4, 0.5) is 17.1 Å². The molecule has 0 unspecified atom stereocenters. The molecule has 0 fully saturated rings. The van der Waals surface area contributed by atoms with Gasteiger partial charge in [-0.1, -0.05) is 279 Å². The predicted molar refractivity (Wildman–Crippen MR) is 339 cm³/mol. The second-order valence-corrected chi connectivity index (χ2v) is 21.8. The topological polar surface area (TPSA) is 39.1 Å². The Morgan fingerprint density at radius 3 is 1.29 bits per heavy atom. The highest BCUT2D eigenvalue weighted by molar-refractivity contribution is 6.36. The fourth-order valence-electron chi connectivity index (χ4n) is 14.5. The zero-order valence-corrected chi connectivity index (χ0v) is 44.9. The summed E-state index contributed by atoms with van der Waals surface area (Å²) in [7, 11) is 0. The highest BCUT2D eigenvalue weighted by Gasteiger charge is 2.53. The van der Waals surface area contributed by atoms with Gasteiger partial charge in [-0.05, 0) is 114 Å². The molecule has 82 heavy (non-hydrogen) atoms. The van der Waals surface area contributed by atoms with E-state index < -0.39 is 10.8 Å². The number of benzene rings is 12. The summed E-state index contributed by atoms with van der Waals surface area (Å²) >= 11 is 0. The molecule has 16 rings (SSSR count). The van der Waals surface area contributed by atoms with E-state index in [0.717, 1.165) is 61.8 Å². The van der Waals surface area contributed by atoms with Gasteiger partial charge in [0.1, 0.15) is 0 Å². The Balaban J connectivity index is 1.03. The first kappa shape index (κ1) is 47.4. The molecule has 3 heteroatoms. The van der Waals surface area contributed by atoms with Gasteiger partial charge in [0.15, 0.2) is 0 Å². The van der Waals surface area contributed by atoms with Crippen molar-refractivity contribution in [2.45, 2.75) is 10.8 Å². The molecule has 3 nitrogen and oxygen atoms in total. The van der Waals surface area contributed by atoms with Crippen LogP contribution in [0.25, 0.3) is 56.4 Å². The summed E-state index contributed by atoms with van der Waals surface area (Å²) < 4.78 is 0. The minimum atomic E-state index is -0.626. The summed E-state index contributed by atoms with van der Waals surface area (Å²) in [6.45, 7) is 0. The van der Waals surface area contributed by atoms with Crippen LogP contribution in [0, 0.1) is 5.41 Å². The van der Waals surface area contributed by atoms with Crippen LogP contribution in [-0.2, 0) is 10.8 Å². The summed E-state index contributed by atoms with van der Waals surface area (Å²) in [6, 6.07) is 111. The first-order valence-corrected chi connectivity index (χ1v) is 28.3. The molecule has 2 N–H and O–H groups in total. The van der Waals surface area contributed by atoms with E-state index in [9.17, 15) is 5.41 Å². The van der Waals surface area contributed by atoms with Gasteiger partial charge in [-0.25, -0.2) is 0 Å². The number of allylic oxidation sites excluding steroid dienone is 1. The summed E-state index contributed by atoms with van der Waals surface area (Å²) in [6.07, 6.45) is 2.27. The number of fused-ring (bicyclic) bond motifs is 14. The largest absolute Gasteiger partial charge is 0.354 e. The van der Waals surface area contributed by atoms with Crippen LogP contribution in [0.1, 0.15) is 72.3 Å². The SMILES string of the molecule is N=C(/C(=C1\NC(c2ccccc2)=Cc2ccc(N(c3cccc4c3-c3ccccc3C4(c3ccccc3)c3ccccc3)c3cccc4c3-c3ccccc3C43c4ccccc4-c4ccccc43)cc21)c1ccccc1)c1ccccc1. The molecule has 1 spiro atoms. The van der Waals surface area contributed by atoms with E-state index in [0.29, 0.717) is 5.71 Å². The molecule has 12 aromatic carbocycles. The maximum absolute atomic E-state index is 10.2. The third-order valence-electron chi connectivity index (χ3n) is 17.8. The third-order valence-corrected chi connectivity index (χ3v) is 17.8. The zero-order valence-electron chi connectivity index (χ0n) is 44.9. The number of rotatable bonds is 9. The second kappa shape index (κ2) is 18.8. The van der Waals surface area contributed by atoms with Gasteiger partial charge in [-0.15, -0.1) is 0 Å². The van der Waals surface area contributed by atoms with Crippen molar-refractivity contribution in [2.24, 2.45) is 0 Å². The zero-order chi connectivity index (χ0) is 54.4. The highest BCUT2D eigenvalue weighted by atomic mass is 15.2. The first-order chi connectivity index (χ1) is 40.6. The molecule has 3 aliphatic carbocycles. The third kappa shape index (κ3) is 6.80. The number of hydrogen-bond acceptors (Lipinski definition) is 3. The monoisotopic (exact) mass is 1040 g/mol. The van der Waals surface area contributed by atoms with E-state index >= 15 is 0 Å². The number of anilines is 3. The van der Waals surface area contributed by atoms with Crippen molar-refractivity contribution < 1.29 is 0 Å². The summed E-state index contributed by atoms with van der Waals surface area (Å²) in [5.41, 5.74) is 27.5. The molecule has 0 saturated carbocycles. The van der Waals surface area contributed by atoms with Crippen molar-refractivity contribution in [2.75, 3.05) is 4.90 Å². The molecule has 0 radical (unpaired) electrons. The molecule has 1 aliphatic heterocycles. The molecule has 1 heterocycles. The van der Waals surface area contributed by atoms with E-state index in [-0.39, 0.29) is 0 Å². The van der Waals surface area contributed by atoms with Gasteiger partial charge in [0.25, 0.3) is 0 Å². The molecular formula is C79H53N3. The van der Waals surface area contributed by atoms with E-state index in [4.69, 9.17) is 0 Å². The predicted octanol–water partition coefficient (Wildman–Crippen LogP) is 18.9.